The third kappa shape index (κ3) is 3.71. The van der Waals surface area contributed by atoms with Crippen LogP contribution in [0.25, 0.3) is 0 Å². The van der Waals surface area contributed by atoms with Crippen LogP contribution < -0.4 is 5.32 Å². The average Bonchev–Trinajstić information content (AvgIpc) is 2.93. The SMILES string of the molecule is COC(=O)c1coc(CN[C@@H](C)c2ccc(Br)cc2)c1. The maximum atomic E-state index is 11.3. The molecule has 0 bridgehead atoms. The number of nitrogens with one attached hydrogen (secondary N) is 1. The van der Waals surface area contributed by atoms with Gasteiger partial charge in [0, 0.05) is 10.5 Å². The summed E-state index contributed by atoms with van der Waals surface area (Å²) in [5, 5.41) is 3.34. The van der Waals surface area contributed by atoms with Gasteiger partial charge in [0.1, 0.15) is 12.0 Å². The van der Waals surface area contributed by atoms with E-state index in [-0.39, 0.29) is 12.0 Å². The van der Waals surface area contributed by atoms with Crippen molar-refractivity contribution >= 4 is 21.9 Å². The minimum absolute atomic E-state index is 0.190. The maximum Gasteiger partial charge on any atom is 0.341 e. The normalized spacial score (nSPS) is 12.2. The Hall–Kier alpha value is -1.59. The first-order chi connectivity index (χ1) is 9.60. The molecule has 0 aliphatic carbocycles. The van der Waals surface area contributed by atoms with Crippen LogP contribution in [0, 0.1) is 0 Å². The molecule has 0 fully saturated rings. The number of carbonyl (C=O) groups is 1. The van der Waals surface area contributed by atoms with E-state index in [1.807, 2.05) is 12.1 Å². The van der Waals surface area contributed by atoms with Gasteiger partial charge in [-0.15, -0.1) is 0 Å². The second-order valence-corrected chi connectivity index (χ2v) is 5.36. The molecule has 0 aliphatic rings. The Kier molecular flexibility index (Phi) is 4.98. The topological polar surface area (TPSA) is 51.5 Å². The second kappa shape index (κ2) is 6.72. The third-order valence-electron chi connectivity index (χ3n) is 3.03. The van der Waals surface area contributed by atoms with E-state index in [4.69, 9.17) is 4.42 Å². The molecule has 5 heteroatoms. The fourth-order valence-corrected chi connectivity index (χ4v) is 2.09. The van der Waals surface area contributed by atoms with Crippen LogP contribution in [-0.2, 0) is 11.3 Å². The molecule has 0 saturated heterocycles. The Balaban J connectivity index is 1.93. The molecule has 1 heterocycles. The van der Waals surface area contributed by atoms with Crippen LogP contribution in [0.4, 0.5) is 0 Å². The first-order valence-electron chi connectivity index (χ1n) is 6.24. The van der Waals surface area contributed by atoms with Gasteiger partial charge in [0.15, 0.2) is 0 Å². The molecular formula is C15H16BrNO3. The summed E-state index contributed by atoms with van der Waals surface area (Å²) in [6.45, 7) is 2.63. The van der Waals surface area contributed by atoms with E-state index in [1.165, 1.54) is 18.9 Å². The van der Waals surface area contributed by atoms with E-state index in [2.05, 4.69) is 45.0 Å². The standard InChI is InChI=1S/C15H16BrNO3/c1-10(11-3-5-13(16)6-4-11)17-8-14-7-12(9-20-14)15(18)19-2/h3-7,9-10,17H,8H2,1-2H3/t10-/m0/s1. The van der Waals surface area contributed by atoms with Crippen molar-refractivity contribution in [1.29, 1.82) is 0 Å². The van der Waals surface area contributed by atoms with Gasteiger partial charge in [-0.1, -0.05) is 28.1 Å². The number of hydrogen-bond donors (Lipinski definition) is 1. The van der Waals surface area contributed by atoms with Gasteiger partial charge in [0.05, 0.1) is 19.2 Å². The number of hydrogen-bond acceptors (Lipinski definition) is 4. The van der Waals surface area contributed by atoms with Crippen molar-refractivity contribution in [2.45, 2.75) is 19.5 Å². The highest BCUT2D eigenvalue weighted by atomic mass is 79.9. The van der Waals surface area contributed by atoms with E-state index in [0.717, 1.165) is 4.47 Å². The average molecular weight is 338 g/mol. The molecular weight excluding hydrogens is 322 g/mol. The highest BCUT2D eigenvalue weighted by molar-refractivity contribution is 9.10. The molecule has 1 N–H and O–H groups in total. The zero-order chi connectivity index (χ0) is 14.5. The van der Waals surface area contributed by atoms with Gasteiger partial charge in [-0.25, -0.2) is 4.79 Å². The number of furan rings is 1. The lowest BCUT2D eigenvalue weighted by molar-refractivity contribution is 0.0600. The number of esters is 1. The highest BCUT2D eigenvalue weighted by Crippen LogP contribution is 2.17. The first kappa shape index (κ1) is 14.8. The fraction of sp³-hybridized carbons (Fsp3) is 0.267. The molecule has 1 aromatic heterocycles. The van der Waals surface area contributed by atoms with Crippen molar-refractivity contribution in [3.05, 3.63) is 58.0 Å². The van der Waals surface area contributed by atoms with Crippen LogP contribution in [0.3, 0.4) is 0 Å². The largest absolute Gasteiger partial charge is 0.467 e. The first-order valence-corrected chi connectivity index (χ1v) is 7.04. The Bertz CT molecular complexity index is 577. The lowest BCUT2D eigenvalue weighted by atomic mass is 10.1. The molecule has 0 aliphatic heterocycles. The van der Waals surface area contributed by atoms with Crippen molar-refractivity contribution < 1.29 is 13.9 Å². The molecule has 1 atom stereocenters. The van der Waals surface area contributed by atoms with Crippen molar-refractivity contribution in [2.75, 3.05) is 7.11 Å². The summed E-state index contributed by atoms with van der Waals surface area (Å²) in [7, 11) is 1.35. The van der Waals surface area contributed by atoms with Gasteiger partial charge in [0.25, 0.3) is 0 Å². The van der Waals surface area contributed by atoms with Crippen molar-refractivity contribution in [2.24, 2.45) is 0 Å². The fourth-order valence-electron chi connectivity index (χ4n) is 1.82. The van der Waals surface area contributed by atoms with Gasteiger partial charge in [-0.3, -0.25) is 0 Å². The summed E-state index contributed by atoms with van der Waals surface area (Å²) < 4.78 is 11.0. The lowest BCUT2D eigenvalue weighted by Gasteiger charge is -2.13. The predicted octanol–water partition coefficient (Wildman–Crippen LogP) is 3.68. The van der Waals surface area contributed by atoms with Gasteiger partial charge < -0.3 is 14.5 Å². The van der Waals surface area contributed by atoms with Gasteiger partial charge in [-0.2, -0.15) is 0 Å². The summed E-state index contributed by atoms with van der Waals surface area (Å²) in [5.41, 5.74) is 1.62. The Morgan fingerprint density at radius 1 is 1.40 bits per heavy atom. The van der Waals surface area contributed by atoms with E-state index in [1.54, 1.807) is 6.07 Å². The summed E-state index contributed by atoms with van der Waals surface area (Å²) in [4.78, 5) is 11.3. The number of benzene rings is 1. The molecule has 0 radical (unpaired) electrons. The molecule has 4 nitrogen and oxygen atoms in total. The smallest absolute Gasteiger partial charge is 0.341 e. The predicted molar refractivity (Wildman–Crippen MR) is 79.4 cm³/mol. The Morgan fingerprint density at radius 3 is 2.75 bits per heavy atom. The van der Waals surface area contributed by atoms with Crippen LogP contribution in [-0.4, -0.2) is 13.1 Å². The number of methoxy groups -OCH3 is 1. The Labute approximate surface area is 126 Å². The van der Waals surface area contributed by atoms with Crippen LogP contribution >= 0.6 is 15.9 Å². The van der Waals surface area contributed by atoms with Gasteiger partial charge in [-0.05, 0) is 30.7 Å². The molecule has 0 unspecified atom stereocenters. The molecule has 1 aromatic carbocycles. The molecule has 2 rings (SSSR count). The molecule has 0 saturated carbocycles. The summed E-state index contributed by atoms with van der Waals surface area (Å²) >= 11 is 3.41. The minimum atomic E-state index is -0.388. The van der Waals surface area contributed by atoms with Crippen molar-refractivity contribution in [3.8, 4) is 0 Å². The monoisotopic (exact) mass is 337 g/mol. The molecule has 0 amide bonds. The zero-order valence-electron chi connectivity index (χ0n) is 11.4. The minimum Gasteiger partial charge on any atom is -0.467 e. The van der Waals surface area contributed by atoms with E-state index >= 15 is 0 Å². The molecule has 2 aromatic rings. The summed E-state index contributed by atoms with van der Waals surface area (Å²) in [5.74, 6) is 0.315. The van der Waals surface area contributed by atoms with Gasteiger partial charge >= 0.3 is 5.97 Å². The van der Waals surface area contributed by atoms with Crippen LogP contribution in [0.2, 0.25) is 0 Å². The van der Waals surface area contributed by atoms with E-state index in [0.29, 0.717) is 17.9 Å². The molecule has 0 spiro atoms. The molecule has 106 valence electrons. The van der Waals surface area contributed by atoms with E-state index < -0.39 is 0 Å². The quantitative estimate of drug-likeness (QED) is 0.845. The number of halogens is 1. The zero-order valence-corrected chi connectivity index (χ0v) is 12.9. The third-order valence-corrected chi connectivity index (χ3v) is 3.56. The van der Waals surface area contributed by atoms with E-state index in [9.17, 15) is 4.79 Å². The lowest BCUT2D eigenvalue weighted by Crippen LogP contribution is -2.17. The second-order valence-electron chi connectivity index (χ2n) is 4.45. The van der Waals surface area contributed by atoms with Gasteiger partial charge in [0.2, 0.25) is 0 Å². The van der Waals surface area contributed by atoms with Crippen molar-refractivity contribution in [3.63, 3.8) is 0 Å². The Morgan fingerprint density at radius 2 is 2.10 bits per heavy atom. The number of ether oxygens (including phenoxy) is 1. The summed E-state index contributed by atoms with van der Waals surface area (Å²) in [6, 6.07) is 10.0. The molecule has 20 heavy (non-hydrogen) atoms. The van der Waals surface area contributed by atoms with Crippen LogP contribution in [0.1, 0.15) is 34.6 Å². The number of carbonyl (C=O) groups excluding carboxylic acids is 1. The highest BCUT2D eigenvalue weighted by Gasteiger charge is 2.11. The summed E-state index contributed by atoms with van der Waals surface area (Å²) in [6.07, 6.45) is 1.41. The number of rotatable bonds is 5. The maximum absolute atomic E-state index is 11.3. The van der Waals surface area contributed by atoms with Crippen LogP contribution in [0.15, 0.2) is 45.5 Å². The van der Waals surface area contributed by atoms with Crippen LogP contribution in [0.5, 0.6) is 0 Å². The van der Waals surface area contributed by atoms with Crippen molar-refractivity contribution in [1.82, 2.24) is 5.32 Å².